The molecular formula is C24H27O2P. The van der Waals surface area contributed by atoms with E-state index in [1.54, 1.807) is 0 Å². The van der Waals surface area contributed by atoms with Gasteiger partial charge in [-0.15, -0.1) is 0 Å². The molecule has 0 N–H and O–H groups in total. The van der Waals surface area contributed by atoms with Crippen molar-refractivity contribution < 1.29 is 8.98 Å². The quantitative estimate of drug-likeness (QED) is 0.520. The van der Waals surface area contributed by atoms with Crippen LogP contribution in [0.25, 0.3) is 11.1 Å². The molecule has 0 saturated carbocycles. The molecule has 27 heavy (non-hydrogen) atoms. The Labute approximate surface area is 162 Å². The fourth-order valence-corrected chi connectivity index (χ4v) is 7.61. The molecular weight excluding hydrogens is 351 g/mol. The fraction of sp³-hybridized carbons (Fsp3) is 0.333. The summed E-state index contributed by atoms with van der Waals surface area (Å²) in [4.78, 5) is 0. The Kier molecular flexibility index (Phi) is 4.24. The molecule has 140 valence electrons. The van der Waals surface area contributed by atoms with E-state index in [1.165, 1.54) is 0 Å². The highest BCUT2D eigenvalue weighted by atomic mass is 31.2. The van der Waals surface area contributed by atoms with Gasteiger partial charge in [0, 0.05) is 28.4 Å². The summed E-state index contributed by atoms with van der Waals surface area (Å²) in [5.41, 5.74) is 2.96. The zero-order valence-corrected chi connectivity index (χ0v) is 17.6. The summed E-state index contributed by atoms with van der Waals surface area (Å²) in [5.74, 6) is 2.05. The molecule has 2 heterocycles. The van der Waals surface area contributed by atoms with Crippen molar-refractivity contribution in [2.24, 2.45) is 0 Å². The summed E-state index contributed by atoms with van der Waals surface area (Å²) in [7, 11) is -2.77. The molecule has 0 aliphatic carbocycles. The maximum Gasteiger partial charge on any atom is 0.147 e. The first-order valence-electron chi connectivity index (χ1n) is 9.74. The molecule has 0 bridgehead atoms. The molecule has 2 nitrogen and oxygen atoms in total. The van der Waals surface area contributed by atoms with Crippen LogP contribution in [0, 0.1) is 0 Å². The maximum atomic E-state index is 14.5. The molecule has 4 rings (SSSR count). The minimum atomic E-state index is -2.77. The van der Waals surface area contributed by atoms with Crippen LogP contribution in [-0.4, -0.2) is 6.16 Å². The Balaban J connectivity index is 2.17. The van der Waals surface area contributed by atoms with Crippen LogP contribution in [0.2, 0.25) is 0 Å². The van der Waals surface area contributed by atoms with Crippen molar-refractivity contribution in [2.75, 3.05) is 6.16 Å². The molecule has 1 unspecified atom stereocenters. The van der Waals surface area contributed by atoms with Crippen LogP contribution < -0.4 is 10.6 Å². The van der Waals surface area contributed by atoms with E-state index in [0.717, 1.165) is 38.8 Å². The average molecular weight is 378 g/mol. The van der Waals surface area contributed by atoms with E-state index in [1.807, 2.05) is 37.3 Å². The lowest BCUT2D eigenvalue weighted by molar-refractivity contribution is 0.395. The zero-order valence-electron chi connectivity index (χ0n) is 16.7. The van der Waals surface area contributed by atoms with E-state index in [-0.39, 0.29) is 11.3 Å². The van der Waals surface area contributed by atoms with Crippen molar-refractivity contribution in [3.05, 3.63) is 71.7 Å². The van der Waals surface area contributed by atoms with E-state index in [2.05, 4.69) is 52.0 Å². The van der Waals surface area contributed by atoms with Gasteiger partial charge in [-0.05, 0) is 25.0 Å². The van der Waals surface area contributed by atoms with Gasteiger partial charge in [0.1, 0.15) is 18.7 Å². The van der Waals surface area contributed by atoms with Crippen LogP contribution in [0.4, 0.5) is 0 Å². The van der Waals surface area contributed by atoms with Gasteiger partial charge in [0.15, 0.2) is 0 Å². The van der Waals surface area contributed by atoms with E-state index >= 15 is 0 Å². The molecule has 0 amide bonds. The Morgan fingerprint density at radius 3 is 2.26 bits per heavy atom. The molecule has 3 aromatic rings. The van der Waals surface area contributed by atoms with Crippen molar-refractivity contribution >= 4 is 17.8 Å². The molecule has 0 fully saturated rings. The molecule has 1 aromatic heterocycles. The summed E-state index contributed by atoms with van der Waals surface area (Å²) in [6.45, 7) is 10.7. The van der Waals surface area contributed by atoms with E-state index in [4.69, 9.17) is 4.42 Å². The van der Waals surface area contributed by atoms with E-state index in [9.17, 15) is 4.57 Å². The van der Waals surface area contributed by atoms with Crippen LogP contribution in [0.1, 0.15) is 57.6 Å². The highest BCUT2D eigenvalue weighted by molar-refractivity contribution is 7.79. The largest absolute Gasteiger partial charge is 0.463 e. The molecule has 3 heteroatoms. The van der Waals surface area contributed by atoms with Gasteiger partial charge in [0.05, 0.1) is 5.30 Å². The van der Waals surface area contributed by atoms with Gasteiger partial charge < -0.3 is 8.98 Å². The van der Waals surface area contributed by atoms with Gasteiger partial charge in [-0.2, -0.15) is 0 Å². The minimum Gasteiger partial charge on any atom is -0.463 e. The van der Waals surface area contributed by atoms with Gasteiger partial charge in [-0.25, -0.2) is 0 Å². The number of rotatable bonds is 3. The van der Waals surface area contributed by atoms with Gasteiger partial charge in [0.2, 0.25) is 0 Å². The van der Waals surface area contributed by atoms with Crippen molar-refractivity contribution in [3.63, 3.8) is 0 Å². The summed E-state index contributed by atoms with van der Waals surface area (Å²) in [6, 6.07) is 18.5. The highest BCUT2D eigenvalue weighted by Gasteiger charge is 2.48. The standard InChI is InChI=1S/C24H27O2P/c1-6-27(25)19-15-11-10-14-18(19)24(4,5)23-22(27)20(21(26-23)16(2)3)17-12-8-7-9-13-17/h7-16H,6H2,1-5H3. The number of furan rings is 1. The van der Waals surface area contributed by atoms with E-state index in [0.29, 0.717) is 6.16 Å². The molecule has 1 aliphatic heterocycles. The first kappa shape index (κ1) is 18.3. The Morgan fingerprint density at radius 2 is 1.63 bits per heavy atom. The molecule has 2 aromatic carbocycles. The predicted octanol–water partition coefficient (Wildman–Crippen LogP) is 6.04. The van der Waals surface area contributed by atoms with Gasteiger partial charge >= 0.3 is 0 Å². The smallest absolute Gasteiger partial charge is 0.147 e. The summed E-state index contributed by atoms with van der Waals surface area (Å²) in [5, 5.41) is 1.95. The van der Waals surface area contributed by atoms with Crippen molar-refractivity contribution in [1.29, 1.82) is 0 Å². The summed E-state index contributed by atoms with van der Waals surface area (Å²) < 4.78 is 21.1. The highest BCUT2D eigenvalue weighted by Crippen LogP contribution is 2.56. The van der Waals surface area contributed by atoms with Crippen LogP contribution in [-0.2, 0) is 9.98 Å². The van der Waals surface area contributed by atoms with Crippen LogP contribution in [0.15, 0.2) is 59.0 Å². The summed E-state index contributed by atoms with van der Waals surface area (Å²) in [6.07, 6.45) is 0.601. The molecule has 1 aliphatic rings. The average Bonchev–Trinajstić information content (AvgIpc) is 3.10. The Bertz CT molecular complexity index is 1040. The summed E-state index contributed by atoms with van der Waals surface area (Å²) >= 11 is 0. The minimum absolute atomic E-state index is 0.218. The molecule has 0 saturated heterocycles. The Morgan fingerprint density at radius 1 is 1.00 bits per heavy atom. The lowest BCUT2D eigenvalue weighted by Gasteiger charge is -2.36. The van der Waals surface area contributed by atoms with Crippen LogP contribution in [0.3, 0.4) is 0 Å². The van der Waals surface area contributed by atoms with Gasteiger partial charge in [0.25, 0.3) is 0 Å². The monoisotopic (exact) mass is 378 g/mol. The van der Waals surface area contributed by atoms with Crippen LogP contribution in [0.5, 0.6) is 0 Å². The van der Waals surface area contributed by atoms with Gasteiger partial charge in [-0.3, -0.25) is 0 Å². The second-order valence-corrected chi connectivity index (χ2v) is 11.3. The fourth-order valence-electron chi connectivity index (χ4n) is 4.39. The van der Waals surface area contributed by atoms with Crippen molar-refractivity contribution in [1.82, 2.24) is 0 Å². The number of fused-ring (bicyclic) bond motifs is 2. The lowest BCUT2D eigenvalue weighted by atomic mass is 9.81. The molecule has 1 atom stereocenters. The Hall–Kier alpha value is -2.05. The first-order valence-corrected chi connectivity index (χ1v) is 11.6. The number of hydrogen-bond acceptors (Lipinski definition) is 2. The van der Waals surface area contributed by atoms with Gasteiger partial charge in [-0.1, -0.05) is 75.4 Å². The van der Waals surface area contributed by atoms with Crippen molar-refractivity contribution in [2.45, 2.75) is 46.0 Å². The normalized spacial score (nSPS) is 20.4. The predicted molar refractivity (Wildman–Crippen MR) is 114 cm³/mol. The van der Waals surface area contributed by atoms with E-state index < -0.39 is 7.14 Å². The SMILES string of the molecule is CCP1(=O)c2ccccc2C(C)(C)c2oc(C(C)C)c(-c3ccccc3)c21. The second kappa shape index (κ2) is 6.24. The molecule has 0 radical (unpaired) electrons. The topological polar surface area (TPSA) is 30.2 Å². The van der Waals surface area contributed by atoms with Crippen molar-refractivity contribution in [3.8, 4) is 11.1 Å². The van der Waals surface area contributed by atoms with Crippen LogP contribution >= 0.6 is 7.14 Å². The third kappa shape index (κ3) is 2.50. The first-order chi connectivity index (χ1) is 12.8. The third-order valence-corrected chi connectivity index (χ3v) is 9.05. The third-order valence-electron chi connectivity index (χ3n) is 5.84. The zero-order chi connectivity index (χ0) is 19.4. The second-order valence-electron chi connectivity index (χ2n) is 8.24. The molecule has 0 spiro atoms. The number of benzene rings is 2. The maximum absolute atomic E-state index is 14.5. The lowest BCUT2D eigenvalue weighted by Crippen LogP contribution is -2.39. The number of hydrogen-bond donors (Lipinski definition) is 0.